The van der Waals surface area contributed by atoms with Crippen molar-refractivity contribution in [2.75, 3.05) is 0 Å². The lowest BCUT2D eigenvalue weighted by Crippen LogP contribution is -2.22. The van der Waals surface area contributed by atoms with Crippen LogP contribution in [0.1, 0.15) is 21.5 Å². The van der Waals surface area contributed by atoms with E-state index in [9.17, 15) is 9.90 Å². The Kier molecular flexibility index (Phi) is 4.22. The van der Waals surface area contributed by atoms with Crippen molar-refractivity contribution in [3.63, 3.8) is 0 Å². The lowest BCUT2D eigenvalue weighted by molar-refractivity contribution is 0.0950. The number of carbonyl (C=O) groups is 1. The van der Waals surface area contributed by atoms with Gasteiger partial charge in [-0.15, -0.1) is 0 Å². The van der Waals surface area contributed by atoms with Gasteiger partial charge < -0.3 is 10.4 Å². The second-order valence-electron chi connectivity index (χ2n) is 4.32. The molecule has 0 bridgehead atoms. The van der Waals surface area contributed by atoms with Crippen LogP contribution < -0.4 is 5.32 Å². The fraction of sp³-hybridized carbons (Fsp3) is 0.133. The molecule has 0 aliphatic rings. The second-order valence-corrected chi connectivity index (χ2v) is 5.17. The van der Waals surface area contributed by atoms with E-state index in [0.29, 0.717) is 12.1 Å². The Morgan fingerprint density at radius 2 is 2.05 bits per heavy atom. The van der Waals surface area contributed by atoms with E-state index in [0.717, 1.165) is 15.6 Å². The highest BCUT2D eigenvalue weighted by Crippen LogP contribution is 2.17. The number of carbonyl (C=O) groups excluding carboxylic acids is 1. The number of aromatic hydroxyl groups is 1. The molecule has 98 valence electrons. The van der Waals surface area contributed by atoms with Gasteiger partial charge in [0.15, 0.2) is 0 Å². The zero-order chi connectivity index (χ0) is 13.8. The molecule has 2 aromatic carbocycles. The molecule has 0 aromatic heterocycles. The van der Waals surface area contributed by atoms with Gasteiger partial charge in [-0.25, -0.2) is 0 Å². The van der Waals surface area contributed by atoms with E-state index < -0.39 is 0 Å². The molecule has 2 N–H and O–H groups in total. The molecule has 2 rings (SSSR count). The summed E-state index contributed by atoms with van der Waals surface area (Å²) in [6.07, 6.45) is 0. The Balaban J connectivity index is 2.03. The number of hydrogen-bond acceptors (Lipinski definition) is 2. The molecule has 0 aliphatic carbocycles. The number of halogens is 1. The van der Waals surface area contributed by atoms with Crippen LogP contribution in [-0.4, -0.2) is 11.0 Å². The smallest absolute Gasteiger partial charge is 0.251 e. The van der Waals surface area contributed by atoms with Crippen molar-refractivity contribution in [2.24, 2.45) is 0 Å². The fourth-order valence-corrected chi connectivity index (χ4v) is 1.98. The number of nitrogens with one attached hydrogen (secondary N) is 1. The molecule has 0 saturated heterocycles. The topological polar surface area (TPSA) is 49.3 Å². The highest BCUT2D eigenvalue weighted by atomic mass is 79.9. The van der Waals surface area contributed by atoms with Gasteiger partial charge in [0, 0.05) is 16.6 Å². The molecule has 3 nitrogen and oxygen atoms in total. The van der Waals surface area contributed by atoms with Crippen LogP contribution in [0.15, 0.2) is 46.9 Å². The number of aryl methyl sites for hydroxylation is 1. The number of benzene rings is 2. The van der Waals surface area contributed by atoms with Gasteiger partial charge in [0.05, 0.1) is 0 Å². The van der Waals surface area contributed by atoms with Gasteiger partial charge in [-0.1, -0.05) is 28.1 Å². The van der Waals surface area contributed by atoms with E-state index >= 15 is 0 Å². The van der Waals surface area contributed by atoms with Crippen molar-refractivity contribution in [3.05, 3.63) is 63.6 Å². The molecule has 2 aromatic rings. The summed E-state index contributed by atoms with van der Waals surface area (Å²) in [6, 6.07) is 12.3. The summed E-state index contributed by atoms with van der Waals surface area (Å²) in [7, 11) is 0. The van der Waals surface area contributed by atoms with E-state index in [1.54, 1.807) is 24.3 Å². The van der Waals surface area contributed by atoms with Crippen LogP contribution in [0, 0.1) is 6.92 Å². The van der Waals surface area contributed by atoms with Gasteiger partial charge >= 0.3 is 0 Å². The Hall–Kier alpha value is -1.81. The van der Waals surface area contributed by atoms with E-state index in [1.165, 1.54) is 0 Å². The van der Waals surface area contributed by atoms with Gasteiger partial charge in [0.25, 0.3) is 5.91 Å². The van der Waals surface area contributed by atoms with Crippen LogP contribution in [0.5, 0.6) is 5.75 Å². The SMILES string of the molecule is Cc1cc(C(=O)NCc2cccc(O)c2)ccc1Br. The van der Waals surface area contributed by atoms with Crippen molar-refractivity contribution >= 4 is 21.8 Å². The van der Waals surface area contributed by atoms with Crippen LogP contribution in [0.25, 0.3) is 0 Å². The first-order valence-corrected chi connectivity index (χ1v) is 6.68. The Morgan fingerprint density at radius 1 is 1.26 bits per heavy atom. The van der Waals surface area contributed by atoms with Gasteiger partial charge in [-0.05, 0) is 48.4 Å². The summed E-state index contributed by atoms with van der Waals surface area (Å²) >= 11 is 3.40. The average Bonchev–Trinajstić information content (AvgIpc) is 2.39. The zero-order valence-electron chi connectivity index (χ0n) is 10.5. The minimum absolute atomic E-state index is 0.126. The van der Waals surface area contributed by atoms with Gasteiger partial charge in [-0.3, -0.25) is 4.79 Å². The molecule has 0 atom stereocenters. The quantitative estimate of drug-likeness (QED) is 0.911. The lowest BCUT2D eigenvalue weighted by atomic mass is 10.1. The van der Waals surface area contributed by atoms with Crippen molar-refractivity contribution in [1.29, 1.82) is 0 Å². The van der Waals surface area contributed by atoms with Gasteiger partial charge in [-0.2, -0.15) is 0 Å². The monoisotopic (exact) mass is 319 g/mol. The third-order valence-electron chi connectivity index (χ3n) is 2.78. The molecular weight excluding hydrogens is 306 g/mol. The predicted molar refractivity (Wildman–Crippen MR) is 78.2 cm³/mol. The third-order valence-corrected chi connectivity index (χ3v) is 3.67. The molecular formula is C15H14BrNO2. The number of rotatable bonds is 3. The molecule has 0 unspecified atom stereocenters. The van der Waals surface area contributed by atoms with E-state index in [1.807, 2.05) is 25.1 Å². The summed E-state index contributed by atoms with van der Waals surface area (Å²) in [6.45, 7) is 2.33. The molecule has 19 heavy (non-hydrogen) atoms. The first-order valence-electron chi connectivity index (χ1n) is 5.88. The van der Waals surface area contributed by atoms with E-state index in [4.69, 9.17) is 0 Å². The van der Waals surface area contributed by atoms with E-state index in [2.05, 4.69) is 21.2 Å². The maximum atomic E-state index is 12.0. The summed E-state index contributed by atoms with van der Waals surface area (Å²) in [4.78, 5) is 12.0. The van der Waals surface area contributed by atoms with Crippen molar-refractivity contribution in [2.45, 2.75) is 13.5 Å². The van der Waals surface area contributed by atoms with Crippen LogP contribution >= 0.6 is 15.9 Å². The van der Waals surface area contributed by atoms with Crippen LogP contribution in [0.3, 0.4) is 0 Å². The first kappa shape index (κ1) is 13.6. The molecule has 0 saturated carbocycles. The standard InChI is InChI=1S/C15H14BrNO2/c1-10-7-12(5-6-14(10)16)15(19)17-9-11-3-2-4-13(18)8-11/h2-8,18H,9H2,1H3,(H,17,19). The first-order chi connectivity index (χ1) is 9.06. The highest BCUT2D eigenvalue weighted by molar-refractivity contribution is 9.10. The summed E-state index contributed by atoms with van der Waals surface area (Å²) in [5, 5.41) is 12.2. The maximum Gasteiger partial charge on any atom is 0.251 e. The number of phenols is 1. The Morgan fingerprint density at radius 3 is 2.74 bits per heavy atom. The van der Waals surface area contributed by atoms with E-state index in [-0.39, 0.29) is 11.7 Å². The maximum absolute atomic E-state index is 12.0. The predicted octanol–water partition coefficient (Wildman–Crippen LogP) is 3.39. The second kappa shape index (κ2) is 5.89. The summed E-state index contributed by atoms with van der Waals surface area (Å²) in [5.74, 6) is 0.0742. The number of amides is 1. The molecule has 0 spiro atoms. The molecule has 0 heterocycles. The molecule has 0 radical (unpaired) electrons. The summed E-state index contributed by atoms with van der Waals surface area (Å²) in [5.41, 5.74) is 2.51. The Bertz CT molecular complexity index is 611. The largest absolute Gasteiger partial charge is 0.508 e. The fourth-order valence-electron chi connectivity index (χ4n) is 1.74. The highest BCUT2D eigenvalue weighted by Gasteiger charge is 2.06. The van der Waals surface area contributed by atoms with Crippen LogP contribution in [0.2, 0.25) is 0 Å². The van der Waals surface area contributed by atoms with Crippen molar-refractivity contribution in [3.8, 4) is 5.75 Å². The van der Waals surface area contributed by atoms with Crippen molar-refractivity contribution < 1.29 is 9.90 Å². The molecule has 0 fully saturated rings. The normalized spacial score (nSPS) is 10.2. The zero-order valence-corrected chi connectivity index (χ0v) is 12.1. The number of phenolic OH excluding ortho intramolecular Hbond substituents is 1. The average molecular weight is 320 g/mol. The molecule has 4 heteroatoms. The minimum atomic E-state index is -0.126. The Labute approximate surface area is 120 Å². The lowest BCUT2D eigenvalue weighted by Gasteiger charge is -2.07. The van der Waals surface area contributed by atoms with Crippen LogP contribution in [-0.2, 0) is 6.54 Å². The minimum Gasteiger partial charge on any atom is -0.508 e. The summed E-state index contributed by atoms with van der Waals surface area (Å²) < 4.78 is 0.983. The number of hydrogen-bond donors (Lipinski definition) is 2. The van der Waals surface area contributed by atoms with Crippen molar-refractivity contribution in [1.82, 2.24) is 5.32 Å². The van der Waals surface area contributed by atoms with Crippen LogP contribution in [0.4, 0.5) is 0 Å². The van der Waals surface area contributed by atoms with Gasteiger partial charge in [0.1, 0.15) is 5.75 Å². The molecule has 1 amide bonds. The van der Waals surface area contributed by atoms with Gasteiger partial charge in [0.2, 0.25) is 0 Å². The molecule has 0 aliphatic heterocycles. The third kappa shape index (κ3) is 3.58.